The Bertz CT molecular complexity index is 1260. The number of hydrogen-bond donors (Lipinski definition) is 4. The van der Waals surface area contributed by atoms with Gasteiger partial charge in [-0.05, 0) is 62.3 Å². The van der Waals surface area contributed by atoms with E-state index in [-0.39, 0.29) is 12.3 Å². The highest BCUT2D eigenvalue weighted by molar-refractivity contribution is 5.80. The molecule has 0 aromatic heterocycles. The van der Waals surface area contributed by atoms with Gasteiger partial charge >= 0.3 is 6.09 Å². The highest BCUT2D eigenvalue weighted by Gasteiger charge is 2.35. The van der Waals surface area contributed by atoms with Crippen molar-refractivity contribution in [3.8, 4) is 0 Å². The zero-order valence-electron chi connectivity index (χ0n) is 23.4. The van der Waals surface area contributed by atoms with Gasteiger partial charge in [-0.15, -0.1) is 0 Å². The number of alkyl carbamates (subject to hydrolysis) is 1. The van der Waals surface area contributed by atoms with Crippen LogP contribution in [0.3, 0.4) is 0 Å². The van der Waals surface area contributed by atoms with E-state index in [1.54, 1.807) is 20.8 Å². The number of carbonyl (C=O) groups excluding carboxylic acids is 2. The number of aliphatic hydroxyl groups excluding tert-OH is 2. The molecule has 0 spiro atoms. The molecule has 7 nitrogen and oxygen atoms in total. The quantitative estimate of drug-likeness (QED) is 0.301. The predicted molar refractivity (Wildman–Crippen MR) is 155 cm³/mol. The lowest BCUT2D eigenvalue weighted by molar-refractivity contribution is -0.127. The number of carbonyl (C=O) groups is 2. The second kappa shape index (κ2) is 13.1. The number of benzene rings is 3. The molecule has 4 rings (SSSR count). The van der Waals surface area contributed by atoms with E-state index in [9.17, 15) is 19.8 Å². The van der Waals surface area contributed by atoms with Gasteiger partial charge in [0.25, 0.3) is 0 Å². The lowest BCUT2D eigenvalue weighted by Crippen LogP contribution is -2.48. The van der Waals surface area contributed by atoms with Crippen molar-refractivity contribution < 1.29 is 24.5 Å². The summed E-state index contributed by atoms with van der Waals surface area (Å²) in [6.07, 6.45) is -1.02. The van der Waals surface area contributed by atoms with Crippen LogP contribution < -0.4 is 10.6 Å². The summed E-state index contributed by atoms with van der Waals surface area (Å²) in [6.45, 7) is 5.35. The van der Waals surface area contributed by atoms with Crippen LogP contribution in [0.5, 0.6) is 0 Å². The van der Waals surface area contributed by atoms with Crippen LogP contribution in [-0.2, 0) is 28.8 Å². The van der Waals surface area contributed by atoms with Crippen molar-refractivity contribution in [1.29, 1.82) is 0 Å². The largest absolute Gasteiger partial charge is 0.444 e. The maximum Gasteiger partial charge on any atom is 0.407 e. The molecule has 40 heavy (non-hydrogen) atoms. The summed E-state index contributed by atoms with van der Waals surface area (Å²) in [5.74, 6) is -0.851. The Labute approximate surface area is 236 Å². The third-order valence-corrected chi connectivity index (χ3v) is 7.19. The topological polar surface area (TPSA) is 108 Å². The lowest BCUT2D eigenvalue weighted by Gasteiger charge is -2.29. The first-order valence-electron chi connectivity index (χ1n) is 13.9. The molecule has 0 saturated carbocycles. The minimum atomic E-state index is -1.03. The lowest BCUT2D eigenvalue weighted by atomic mass is 9.88. The maximum atomic E-state index is 13.7. The number of nitrogens with one attached hydrogen (secondary N) is 2. The average molecular weight is 545 g/mol. The van der Waals surface area contributed by atoms with Crippen molar-refractivity contribution in [3.63, 3.8) is 0 Å². The summed E-state index contributed by atoms with van der Waals surface area (Å²) < 4.78 is 5.47. The van der Waals surface area contributed by atoms with Gasteiger partial charge in [0.1, 0.15) is 5.60 Å². The molecule has 2 amide bonds. The summed E-state index contributed by atoms with van der Waals surface area (Å²) in [5, 5.41) is 28.1. The van der Waals surface area contributed by atoms with Crippen LogP contribution >= 0.6 is 0 Å². The first-order valence-corrected chi connectivity index (χ1v) is 13.9. The van der Waals surface area contributed by atoms with Gasteiger partial charge in [0.05, 0.1) is 24.3 Å². The van der Waals surface area contributed by atoms with Gasteiger partial charge in [-0.25, -0.2) is 4.79 Å². The van der Waals surface area contributed by atoms with Crippen LogP contribution in [0, 0.1) is 5.92 Å². The van der Waals surface area contributed by atoms with Crippen LogP contribution in [0.4, 0.5) is 4.79 Å². The van der Waals surface area contributed by atoms with Crippen molar-refractivity contribution >= 4 is 12.0 Å². The third kappa shape index (κ3) is 8.16. The van der Waals surface area contributed by atoms with E-state index in [1.165, 1.54) is 0 Å². The summed E-state index contributed by atoms with van der Waals surface area (Å²) in [6, 6.07) is 25.8. The molecule has 212 valence electrons. The first-order chi connectivity index (χ1) is 19.1. The van der Waals surface area contributed by atoms with Gasteiger partial charge in [-0.2, -0.15) is 0 Å². The average Bonchev–Trinajstić information content (AvgIpc) is 3.22. The highest BCUT2D eigenvalue weighted by Crippen LogP contribution is 2.32. The van der Waals surface area contributed by atoms with Crippen LogP contribution in [-0.4, -0.2) is 46.1 Å². The molecule has 3 aromatic carbocycles. The summed E-state index contributed by atoms with van der Waals surface area (Å²) in [5.41, 5.74) is 3.14. The molecule has 4 N–H and O–H groups in total. The van der Waals surface area contributed by atoms with Crippen molar-refractivity contribution in [2.24, 2.45) is 5.92 Å². The fourth-order valence-corrected chi connectivity index (χ4v) is 5.27. The molecule has 0 saturated heterocycles. The van der Waals surface area contributed by atoms with Crippen LogP contribution in [0.15, 0.2) is 84.9 Å². The van der Waals surface area contributed by atoms with Gasteiger partial charge in [-0.1, -0.05) is 84.9 Å². The van der Waals surface area contributed by atoms with Crippen molar-refractivity contribution in [2.75, 3.05) is 0 Å². The Hall–Kier alpha value is -3.68. The summed E-state index contributed by atoms with van der Waals surface area (Å²) >= 11 is 0. The number of ether oxygens (including phenoxy) is 1. The molecule has 0 bridgehead atoms. The second-order valence-corrected chi connectivity index (χ2v) is 11.6. The Kier molecular flexibility index (Phi) is 9.61. The van der Waals surface area contributed by atoms with Gasteiger partial charge in [0.2, 0.25) is 5.91 Å². The molecule has 3 aromatic rings. The van der Waals surface area contributed by atoms with Gasteiger partial charge in [0, 0.05) is 12.3 Å². The molecule has 0 fully saturated rings. The molecular weight excluding hydrogens is 504 g/mol. The molecular formula is C33H40N2O5. The molecule has 1 aliphatic carbocycles. The zero-order chi connectivity index (χ0) is 28.7. The molecule has 0 heterocycles. The van der Waals surface area contributed by atoms with Gasteiger partial charge in [0.15, 0.2) is 0 Å². The van der Waals surface area contributed by atoms with E-state index in [1.807, 2.05) is 84.9 Å². The van der Waals surface area contributed by atoms with E-state index in [0.717, 1.165) is 22.3 Å². The monoisotopic (exact) mass is 544 g/mol. The minimum absolute atomic E-state index is 0.110. The number of aliphatic hydroxyl groups is 2. The number of rotatable bonds is 10. The van der Waals surface area contributed by atoms with Gasteiger partial charge < -0.3 is 25.6 Å². The minimum Gasteiger partial charge on any atom is -0.444 e. The van der Waals surface area contributed by atoms with E-state index >= 15 is 0 Å². The Balaban J connectivity index is 1.54. The Morgan fingerprint density at radius 2 is 1.48 bits per heavy atom. The van der Waals surface area contributed by atoms with E-state index in [0.29, 0.717) is 19.3 Å². The van der Waals surface area contributed by atoms with Crippen LogP contribution in [0.25, 0.3) is 0 Å². The van der Waals surface area contributed by atoms with Crippen molar-refractivity contribution in [3.05, 3.63) is 107 Å². The van der Waals surface area contributed by atoms with Gasteiger partial charge in [-0.3, -0.25) is 4.79 Å². The normalized spacial score (nSPS) is 18.7. The fraction of sp³-hybridized carbons (Fsp3) is 0.394. The number of amides is 2. The Morgan fingerprint density at radius 1 is 0.900 bits per heavy atom. The van der Waals surface area contributed by atoms with E-state index in [2.05, 4.69) is 10.6 Å². The molecule has 5 atom stereocenters. The Morgan fingerprint density at radius 3 is 2.10 bits per heavy atom. The second-order valence-electron chi connectivity index (χ2n) is 11.6. The van der Waals surface area contributed by atoms with Crippen molar-refractivity contribution in [1.82, 2.24) is 10.6 Å². The van der Waals surface area contributed by atoms with E-state index < -0.39 is 41.9 Å². The van der Waals surface area contributed by atoms with Crippen molar-refractivity contribution in [2.45, 2.75) is 76.3 Å². The first kappa shape index (κ1) is 29.3. The third-order valence-electron chi connectivity index (χ3n) is 7.19. The number of fused-ring (bicyclic) bond motifs is 1. The summed E-state index contributed by atoms with van der Waals surface area (Å²) in [7, 11) is 0. The van der Waals surface area contributed by atoms with E-state index in [4.69, 9.17) is 4.74 Å². The standard InChI is InChI=1S/C33H40N2O5/c1-33(2,3)40-32(39)34-27(19-23-14-8-5-9-15-23)28(36)21-25(18-22-12-6-4-7-13-22)31(38)35-30-26-17-11-10-16-24(26)20-29(30)37/h4-17,25,27-30,36-37H,18-21H2,1-3H3,(H,34,39)(H,35,38)/t25-,27+,28+,29-,30?/m1/s1. The van der Waals surface area contributed by atoms with Crippen LogP contribution in [0.2, 0.25) is 0 Å². The highest BCUT2D eigenvalue weighted by atomic mass is 16.6. The molecule has 7 heteroatoms. The molecule has 1 aliphatic rings. The SMILES string of the molecule is CC(C)(C)OC(=O)N[C@@H](Cc1ccccc1)[C@@H](O)C[C@@H](Cc1ccccc1)C(=O)NC1c2ccccc2C[C@H]1O. The molecule has 0 aliphatic heterocycles. The molecule has 0 radical (unpaired) electrons. The summed E-state index contributed by atoms with van der Waals surface area (Å²) in [4.78, 5) is 26.4. The smallest absolute Gasteiger partial charge is 0.407 e. The zero-order valence-corrected chi connectivity index (χ0v) is 23.4. The fourth-order valence-electron chi connectivity index (χ4n) is 5.27. The number of hydrogen-bond acceptors (Lipinski definition) is 5. The molecule has 1 unspecified atom stereocenters. The predicted octanol–water partition coefficient (Wildman–Crippen LogP) is 4.51. The van der Waals surface area contributed by atoms with Crippen LogP contribution in [0.1, 0.15) is 55.5 Å². The maximum absolute atomic E-state index is 13.7.